The molecule has 0 unspecified atom stereocenters. The molecule has 0 aromatic carbocycles. The Balaban J connectivity index is 2.09. The second-order valence-electron chi connectivity index (χ2n) is 3.65. The lowest BCUT2D eigenvalue weighted by Crippen LogP contribution is -2.26. The number of hydrogen-bond acceptors (Lipinski definition) is 7. The molecule has 0 bridgehead atoms. The monoisotopic (exact) mass is 317 g/mol. The van der Waals surface area contributed by atoms with E-state index in [1.165, 1.54) is 13.4 Å². The van der Waals surface area contributed by atoms with Crippen molar-refractivity contribution in [3.05, 3.63) is 24.0 Å². The molecule has 0 fully saturated rings. The molecule has 0 aliphatic carbocycles. The molecule has 2 heterocycles. The number of anilines is 1. The van der Waals surface area contributed by atoms with E-state index in [-0.39, 0.29) is 23.5 Å². The lowest BCUT2D eigenvalue weighted by atomic mass is 10.7. The number of nitrogens with one attached hydrogen (secondary N) is 2. The van der Waals surface area contributed by atoms with E-state index in [1.54, 1.807) is 17.0 Å². The van der Waals surface area contributed by atoms with Gasteiger partial charge in [0.05, 0.1) is 5.75 Å². The Hall–Kier alpha value is -1.78. The van der Waals surface area contributed by atoms with Crippen LogP contribution in [0, 0.1) is 0 Å². The molecular formula is C9H12ClN7O2S. The average molecular weight is 318 g/mol. The Bertz CT molecular complexity index is 674. The summed E-state index contributed by atoms with van der Waals surface area (Å²) in [5, 5.41) is 2.78. The lowest BCUT2D eigenvalue weighted by Gasteiger charge is -2.07. The quantitative estimate of drug-likeness (QED) is 0.749. The molecular weight excluding hydrogens is 306 g/mol. The van der Waals surface area contributed by atoms with Gasteiger partial charge in [-0.2, -0.15) is 15.0 Å². The van der Waals surface area contributed by atoms with Crippen molar-refractivity contribution in [1.82, 2.24) is 29.2 Å². The van der Waals surface area contributed by atoms with Crippen molar-refractivity contribution in [2.24, 2.45) is 0 Å². The maximum Gasteiger partial charge on any atom is 0.241 e. The van der Waals surface area contributed by atoms with Crippen molar-refractivity contribution in [3.63, 3.8) is 0 Å². The van der Waals surface area contributed by atoms with Gasteiger partial charge in [0.15, 0.2) is 0 Å². The SMILES string of the molecule is CNS(=O)(=O)CCNc1nc(Cl)nc(-n2ccnc2)n1. The maximum absolute atomic E-state index is 11.3. The predicted octanol–water partition coefficient (Wildman–Crippen LogP) is -0.328. The highest BCUT2D eigenvalue weighted by atomic mass is 35.5. The van der Waals surface area contributed by atoms with Crippen LogP contribution in [0.15, 0.2) is 18.7 Å². The predicted molar refractivity (Wildman–Crippen MR) is 73.3 cm³/mol. The summed E-state index contributed by atoms with van der Waals surface area (Å²) in [6, 6.07) is 0. The fraction of sp³-hybridized carbons (Fsp3) is 0.333. The van der Waals surface area contributed by atoms with Crippen LogP contribution < -0.4 is 10.0 Å². The topological polar surface area (TPSA) is 115 Å². The molecule has 20 heavy (non-hydrogen) atoms. The van der Waals surface area contributed by atoms with E-state index >= 15 is 0 Å². The first kappa shape index (κ1) is 14.6. The summed E-state index contributed by atoms with van der Waals surface area (Å²) in [5.74, 6) is 0.384. The number of nitrogens with zero attached hydrogens (tertiary/aromatic N) is 5. The molecule has 0 saturated heterocycles. The fourth-order valence-electron chi connectivity index (χ4n) is 1.31. The molecule has 108 valence electrons. The summed E-state index contributed by atoms with van der Waals surface area (Å²) >= 11 is 5.80. The molecule has 9 nitrogen and oxygen atoms in total. The number of sulfonamides is 1. The Labute approximate surface area is 120 Å². The Morgan fingerprint density at radius 2 is 2.15 bits per heavy atom. The van der Waals surface area contributed by atoms with Gasteiger partial charge in [-0.25, -0.2) is 18.1 Å². The molecule has 0 radical (unpaired) electrons. The van der Waals surface area contributed by atoms with Gasteiger partial charge >= 0.3 is 0 Å². The number of halogens is 1. The summed E-state index contributed by atoms with van der Waals surface area (Å²) in [6.45, 7) is 0.146. The van der Waals surface area contributed by atoms with Gasteiger partial charge in [0.2, 0.25) is 27.2 Å². The molecule has 0 aliphatic rings. The van der Waals surface area contributed by atoms with E-state index in [0.717, 1.165) is 0 Å². The van der Waals surface area contributed by atoms with Gasteiger partial charge in [0.1, 0.15) is 6.33 Å². The van der Waals surface area contributed by atoms with Crippen LogP contribution in [0.5, 0.6) is 0 Å². The molecule has 2 aromatic rings. The first-order chi connectivity index (χ1) is 9.50. The molecule has 0 amide bonds. The molecule has 2 N–H and O–H groups in total. The minimum atomic E-state index is -3.28. The van der Waals surface area contributed by atoms with Gasteiger partial charge in [-0.3, -0.25) is 4.57 Å². The van der Waals surface area contributed by atoms with E-state index < -0.39 is 10.0 Å². The van der Waals surface area contributed by atoms with Crippen LogP contribution in [0.3, 0.4) is 0 Å². The molecule has 0 aliphatic heterocycles. The summed E-state index contributed by atoms with van der Waals surface area (Å²) in [7, 11) is -1.93. The third kappa shape index (κ3) is 3.85. The molecule has 0 spiro atoms. The molecule has 11 heteroatoms. The maximum atomic E-state index is 11.3. The van der Waals surface area contributed by atoms with Crippen LogP contribution in [-0.4, -0.2) is 52.3 Å². The van der Waals surface area contributed by atoms with Gasteiger partial charge in [-0.1, -0.05) is 0 Å². The smallest absolute Gasteiger partial charge is 0.241 e. The summed E-state index contributed by atoms with van der Waals surface area (Å²) in [4.78, 5) is 15.8. The first-order valence-electron chi connectivity index (χ1n) is 5.55. The van der Waals surface area contributed by atoms with E-state index in [9.17, 15) is 8.42 Å². The summed E-state index contributed by atoms with van der Waals surface area (Å²) < 4.78 is 26.3. The van der Waals surface area contributed by atoms with E-state index in [4.69, 9.17) is 11.6 Å². The molecule has 2 rings (SSSR count). The van der Waals surface area contributed by atoms with Gasteiger partial charge in [-0.15, -0.1) is 0 Å². The fourth-order valence-corrected chi connectivity index (χ4v) is 2.04. The van der Waals surface area contributed by atoms with E-state index in [1.807, 2.05) is 0 Å². The third-order valence-corrected chi connectivity index (χ3v) is 3.83. The first-order valence-corrected chi connectivity index (χ1v) is 7.58. The number of hydrogen-bond donors (Lipinski definition) is 2. The van der Waals surface area contributed by atoms with E-state index in [2.05, 4.69) is 30.0 Å². The van der Waals surface area contributed by atoms with Gasteiger partial charge in [0, 0.05) is 18.9 Å². The van der Waals surface area contributed by atoms with Crippen LogP contribution in [-0.2, 0) is 10.0 Å². The highest BCUT2D eigenvalue weighted by Gasteiger charge is 2.09. The average Bonchev–Trinajstić information content (AvgIpc) is 2.92. The van der Waals surface area contributed by atoms with Crippen LogP contribution >= 0.6 is 11.6 Å². The van der Waals surface area contributed by atoms with Crippen molar-refractivity contribution >= 4 is 27.6 Å². The van der Waals surface area contributed by atoms with Crippen LogP contribution in [0.25, 0.3) is 5.95 Å². The van der Waals surface area contributed by atoms with Crippen molar-refractivity contribution in [2.45, 2.75) is 0 Å². The van der Waals surface area contributed by atoms with Crippen molar-refractivity contribution in [3.8, 4) is 5.95 Å². The van der Waals surface area contributed by atoms with Gasteiger partial charge in [-0.05, 0) is 18.6 Å². The lowest BCUT2D eigenvalue weighted by molar-refractivity contribution is 0.588. The third-order valence-electron chi connectivity index (χ3n) is 2.30. The Kier molecular flexibility index (Phi) is 4.47. The van der Waals surface area contributed by atoms with Crippen molar-refractivity contribution < 1.29 is 8.42 Å². The zero-order valence-electron chi connectivity index (χ0n) is 10.5. The zero-order valence-corrected chi connectivity index (χ0v) is 12.1. The van der Waals surface area contributed by atoms with Gasteiger partial charge in [0.25, 0.3) is 0 Å². The van der Waals surface area contributed by atoms with Gasteiger partial charge < -0.3 is 5.32 Å². The number of imidazole rings is 1. The van der Waals surface area contributed by atoms with Crippen LogP contribution in [0.1, 0.15) is 0 Å². The molecule has 2 aromatic heterocycles. The largest absolute Gasteiger partial charge is 0.353 e. The van der Waals surface area contributed by atoms with Crippen molar-refractivity contribution in [2.75, 3.05) is 24.7 Å². The minimum absolute atomic E-state index is 0.00248. The highest BCUT2D eigenvalue weighted by molar-refractivity contribution is 7.89. The minimum Gasteiger partial charge on any atom is -0.353 e. The van der Waals surface area contributed by atoms with E-state index in [0.29, 0.717) is 5.95 Å². The second kappa shape index (κ2) is 6.11. The Morgan fingerprint density at radius 1 is 1.35 bits per heavy atom. The summed E-state index contributed by atoms with van der Waals surface area (Å²) in [5.41, 5.74) is 0. The van der Waals surface area contributed by atoms with Crippen LogP contribution in [0.4, 0.5) is 5.95 Å². The second-order valence-corrected chi connectivity index (χ2v) is 6.03. The normalized spacial score (nSPS) is 11.5. The van der Waals surface area contributed by atoms with Crippen molar-refractivity contribution in [1.29, 1.82) is 0 Å². The highest BCUT2D eigenvalue weighted by Crippen LogP contribution is 2.09. The molecule has 0 saturated carbocycles. The van der Waals surface area contributed by atoms with Crippen LogP contribution in [0.2, 0.25) is 5.28 Å². The summed E-state index contributed by atoms with van der Waals surface area (Å²) in [6.07, 6.45) is 4.74. The number of aromatic nitrogens is 5. The number of rotatable bonds is 6. The Morgan fingerprint density at radius 3 is 2.80 bits per heavy atom. The standard InChI is InChI=1S/C9H12ClN7O2S/c1-11-20(18,19)5-3-13-8-14-7(10)15-9(16-8)17-4-2-12-6-17/h2,4,6,11H,3,5H2,1H3,(H,13,14,15,16). The zero-order chi connectivity index (χ0) is 14.6. The molecule has 0 atom stereocenters.